The van der Waals surface area contributed by atoms with Gasteiger partial charge in [0.05, 0.1) is 40.3 Å². The van der Waals surface area contributed by atoms with Crippen LogP contribution >= 0.6 is 7.81 Å². The molecule has 0 N–H and O–H groups in total. The minimum Gasteiger partial charge on any atom is 1.00 e. The number of rotatable bonds is 8. The Morgan fingerprint density at radius 1 is 0.596 bits per heavy atom. The Morgan fingerprint density at radius 3 is 1.02 bits per heavy atom. The van der Waals surface area contributed by atoms with Crippen LogP contribution in [0.4, 0.5) is 36.6 Å². The first-order valence-corrected chi connectivity index (χ1v) is 17.1. The van der Waals surface area contributed by atoms with E-state index in [4.69, 9.17) is 20.2 Å². The maximum Gasteiger partial charge on any atom is 1.00 e. The molecule has 0 saturated carbocycles. The van der Waals surface area contributed by atoms with Crippen molar-refractivity contribution in [2.75, 3.05) is 0 Å². The number of nitrogens with zero attached hydrogens (tertiary/aromatic N) is 4. The monoisotopic (exact) mass is 730 g/mol. The Morgan fingerprint density at radius 2 is 0.809 bits per heavy atom. The molecule has 3 rings (SSSR count). The van der Waals surface area contributed by atoms with Gasteiger partial charge in [-0.2, -0.15) is 5.26 Å². The van der Waals surface area contributed by atoms with Crippen LogP contribution in [0.5, 0.6) is 0 Å². The van der Waals surface area contributed by atoms with E-state index in [-0.39, 0.29) is 17.1 Å². The van der Waals surface area contributed by atoms with E-state index in [1.807, 2.05) is 12.1 Å². The number of benzene rings is 2. The van der Waals surface area contributed by atoms with Crippen LogP contribution in [0.2, 0.25) is 0 Å². The zero-order valence-electron chi connectivity index (χ0n) is 28.8. The Kier molecular flexibility index (Phi) is 15.8. The molecule has 0 bridgehead atoms. The average Bonchev–Trinajstić information content (AvgIpc) is 2.91. The maximum absolute atomic E-state index is 10.7. The molecule has 0 unspecified atom stereocenters. The van der Waals surface area contributed by atoms with Crippen LogP contribution in [0.15, 0.2) is 64.6 Å². The van der Waals surface area contributed by atoms with Crippen molar-refractivity contribution in [1.29, 1.82) is 5.26 Å². The van der Waals surface area contributed by atoms with Gasteiger partial charge in [0, 0.05) is 6.92 Å². The van der Waals surface area contributed by atoms with Gasteiger partial charge >= 0.3 is 50.1 Å². The molecule has 264 valence electrons. The molecule has 12 heteroatoms. The van der Waals surface area contributed by atoms with Crippen LogP contribution in [-0.4, -0.2) is 16.4 Å². The van der Waals surface area contributed by atoms with Crippen molar-refractivity contribution in [1.82, 2.24) is 4.98 Å². The minimum atomic E-state index is -10.7. The first kappa shape index (κ1) is 43.9. The zero-order chi connectivity index (χ0) is 35.7. The van der Waals surface area contributed by atoms with Gasteiger partial charge < -0.3 is 0 Å². The quantitative estimate of drug-likeness (QED) is 0.100. The summed E-state index contributed by atoms with van der Waals surface area (Å²) in [5.41, 5.74) is 10.9. The summed E-state index contributed by atoms with van der Waals surface area (Å²) < 4.78 is 59.2. The molecular formula is C35H46CuF6N4P. The van der Waals surface area contributed by atoms with Crippen molar-refractivity contribution >= 4 is 30.6 Å². The van der Waals surface area contributed by atoms with E-state index >= 15 is 0 Å². The maximum atomic E-state index is 9.87. The van der Waals surface area contributed by atoms with Gasteiger partial charge in [-0.1, -0.05) is 97.9 Å². The average molecular weight is 731 g/mol. The first-order chi connectivity index (χ1) is 20.9. The molecule has 1 aromatic heterocycles. The van der Waals surface area contributed by atoms with E-state index in [2.05, 4.69) is 112 Å². The van der Waals surface area contributed by atoms with Crippen molar-refractivity contribution < 1.29 is 42.3 Å². The molecule has 0 radical (unpaired) electrons. The predicted octanol–water partition coefficient (Wildman–Crippen LogP) is 13.8. The molecule has 0 aliphatic rings. The van der Waals surface area contributed by atoms with Gasteiger partial charge in [0.2, 0.25) is 0 Å². The molecule has 0 amide bonds. The Balaban J connectivity index is 0.00000168. The van der Waals surface area contributed by atoms with E-state index in [0.29, 0.717) is 23.7 Å². The Hall–Kier alpha value is -3.05. The number of aliphatic imine (C=N–C) groups is 2. The summed E-state index contributed by atoms with van der Waals surface area (Å²) in [6.45, 7) is 23.4. The van der Waals surface area contributed by atoms with Crippen LogP contribution in [0, 0.1) is 11.3 Å². The number of hydrogen-bond donors (Lipinski definition) is 0. The van der Waals surface area contributed by atoms with E-state index < -0.39 is 7.81 Å². The van der Waals surface area contributed by atoms with Gasteiger partial charge in [-0.25, -0.2) is 4.98 Å². The Labute approximate surface area is 286 Å². The van der Waals surface area contributed by atoms with E-state index in [9.17, 15) is 25.2 Å². The molecule has 0 atom stereocenters. The van der Waals surface area contributed by atoms with Crippen molar-refractivity contribution in [2.45, 2.75) is 99.8 Å². The number of pyridine rings is 1. The summed E-state index contributed by atoms with van der Waals surface area (Å²) in [4.78, 5) is 15.3. The first-order valence-electron chi connectivity index (χ1n) is 15.1. The van der Waals surface area contributed by atoms with Crippen molar-refractivity contribution in [3.8, 4) is 6.07 Å². The number of nitriles is 1. The fraction of sp³-hybridized carbons (Fsp3) is 0.429. The molecule has 4 nitrogen and oxygen atoms in total. The molecule has 2 aromatic carbocycles. The summed E-state index contributed by atoms with van der Waals surface area (Å²) in [6.07, 6.45) is 0. The molecule has 1 heterocycles. The summed E-state index contributed by atoms with van der Waals surface area (Å²) in [6, 6.07) is 21.0. The zero-order valence-corrected chi connectivity index (χ0v) is 30.6. The van der Waals surface area contributed by atoms with Gasteiger partial charge in [-0.3, -0.25) is 9.98 Å². The van der Waals surface area contributed by atoms with Gasteiger partial charge in [0.25, 0.3) is 0 Å². The smallest absolute Gasteiger partial charge is 1.00 e. The topological polar surface area (TPSA) is 61.4 Å². The molecule has 0 saturated heterocycles. The second-order valence-corrected chi connectivity index (χ2v) is 14.1. The van der Waals surface area contributed by atoms with Gasteiger partial charge in [0.15, 0.2) is 0 Å². The standard InChI is InChI=1S/C33H43N3.C2H3N.Cu.F6P/c1-20(2)26-14-11-15-27(21(3)4)32(26)34-24(9)30-18-13-19-31(36-30)25(10)35-33-28(22(5)6)16-12-17-29(33)23(7)8;1-2-3;;1-7(2,3,4,5)6/h11-23H,1-10H3;1H3;;/q;;+1;-1. The van der Waals surface area contributed by atoms with Crippen LogP contribution in [0.1, 0.15) is 133 Å². The number of aromatic nitrogens is 1. The largest absolute Gasteiger partial charge is 1.00 e. The molecule has 47 heavy (non-hydrogen) atoms. The second-order valence-electron chi connectivity index (χ2n) is 12.2. The number of halogens is 6. The van der Waals surface area contributed by atoms with Gasteiger partial charge in [-0.15, -0.1) is 0 Å². The third kappa shape index (κ3) is 16.1. The third-order valence-corrected chi connectivity index (χ3v) is 6.73. The SMILES string of the molecule is CC#N.CC(=Nc1c(C(C)C)cccc1C(C)C)c1cccc(C(C)=Nc2c(C(C)C)cccc2C(C)C)n1.F[P-](F)(F)(F)(F)F.[Cu+]. The number of hydrogen-bond acceptors (Lipinski definition) is 4. The molecule has 0 aliphatic heterocycles. The summed E-state index contributed by atoms with van der Waals surface area (Å²) in [5.74, 6) is 1.61. The van der Waals surface area contributed by atoms with Crippen LogP contribution in [0.3, 0.4) is 0 Å². The molecule has 0 aliphatic carbocycles. The Bertz CT molecular complexity index is 1430. The number of para-hydroxylation sites is 2. The fourth-order valence-electron chi connectivity index (χ4n) is 4.57. The molecule has 0 fully saturated rings. The van der Waals surface area contributed by atoms with Crippen LogP contribution in [0.25, 0.3) is 0 Å². The van der Waals surface area contributed by atoms with E-state index in [0.717, 1.165) is 34.2 Å². The van der Waals surface area contributed by atoms with Crippen molar-refractivity contribution in [3.63, 3.8) is 0 Å². The van der Waals surface area contributed by atoms with Crippen LogP contribution in [-0.2, 0) is 17.1 Å². The fourth-order valence-corrected chi connectivity index (χ4v) is 4.57. The molecule has 3 aromatic rings. The minimum absolute atomic E-state index is 0. The van der Waals surface area contributed by atoms with Gasteiger partial charge in [-0.05, 0) is 71.9 Å². The van der Waals surface area contributed by atoms with Gasteiger partial charge in [0.1, 0.15) is 0 Å². The summed E-state index contributed by atoms with van der Waals surface area (Å²) >= 11 is 0. The normalized spacial score (nSPS) is 13.5. The van der Waals surface area contributed by atoms with E-state index in [1.54, 1.807) is 6.07 Å². The van der Waals surface area contributed by atoms with Crippen molar-refractivity contribution in [3.05, 3.63) is 88.2 Å². The third-order valence-electron chi connectivity index (χ3n) is 6.73. The summed E-state index contributed by atoms with van der Waals surface area (Å²) in [5, 5.41) is 7.32. The van der Waals surface area contributed by atoms with Crippen LogP contribution < -0.4 is 0 Å². The van der Waals surface area contributed by atoms with E-state index in [1.165, 1.54) is 29.2 Å². The predicted molar refractivity (Wildman–Crippen MR) is 182 cm³/mol. The molecular weight excluding hydrogens is 685 g/mol. The second kappa shape index (κ2) is 16.9. The molecule has 0 spiro atoms. The van der Waals surface area contributed by atoms with Crippen molar-refractivity contribution in [2.24, 2.45) is 9.98 Å². The summed E-state index contributed by atoms with van der Waals surface area (Å²) in [7, 11) is -10.7.